The van der Waals surface area contributed by atoms with Crippen LogP contribution in [0, 0.1) is 11.8 Å². The maximum atomic E-state index is 3.91. The topological polar surface area (TPSA) is 15.3 Å². The molecule has 1 saturated carbocycles. The van der Waals surface area contributed by atoms with Crippen LogP contribution < -0.4 is 5.32 Å². The lowest BCUT2D eigenvalue weighted by Crippen LogP contribution is -2.64. The Labute approximate surface area is 106 Å². The highest BCUT2D eigenvalue weighted by Crippen LogP contribution is 2.41. The summed E-state index contributed by atoms with van der Waals surface area (Å²) in [5, 5.41) is 3.83. The number of hydrogen-bond donors (Lipinski definition) is 1. The van der Waals surface area contributed by atoms with Crippen LogP contribution in [0.4, 0.5) is 0 Å². The van der Waals surface area contributed by atoms with Gasteiger partial charge in [0.15, 0.2) is 0 Å². The van der Waals surface area contributed by atoms with E-state index >= 15 is 0 Å². The first-order chi connectivity index (χ1) is 8.05. The first-order valence-corrected chi connectivity index (χ1v) is 7.15. The molecule has 0 radical (unpaired) electrons. The number of rotatable bonds is 5. The first-order valence-electron chi connectivity index (χ1n) is 7.15. The maximum absolute atomic E-state index is 3.91. The second-order valence-electron chi connectivity index (χ2n) is 6.57. The third kappa shape index (κ3) is 3.11. The highest BCUT2D eigenvalue weighted by molar-refractivity contribution is 5.04. The van der Waals surface area contributed by atoms with Gasteiger partial charge in [-0.3, -0.25) is 4.90 Å². The molecule has 98 valence electrons. The van der Waals surface area contributed by atoms with Gasteiger partial charge in [-0.05, 0) is 38.0 Å². The predicted molar refractivity (Wildman–Crippen MR) is 74.1 cm³/mol. The van der Waals surface area contributed by atoms with Gasteiger partial charge in [0, 0.05) is 31.2 Å². The molecule has 2 fully saturated rings. The molecular weight excluding hydrogens is 208 g/mol. The van der Waals surface area contributed by atoms with Crippen molar-refractivity contribution in [1.82, 2.24) is 10.2 Å². The van der Waals surface area contributed by atoms with Crippen molar-refractivity contribution in [2.24, 2.45) is 11.8 Å². The van der Waals surface area contributed by atoms with E-state index in [1.165, 1.54) is 25.8 Å². The minimum absolute atomic E-state index is 0.358. The van der Waals surface area contributed by atoms with Gasteiger partial charge in [-0.15, -0.1) is 6.58 Å². The molecule has 1 saturated heterocycles. The van der Waals surface area contributed by atoms with E-state index in [1.807, 2.05) is 0 Å². The van der Waals surface area contributed by atoms with Crippen molar-refractivity contribution < 1.29 is 0 Å². The van der Waals surface area contributed by atoms with Gasteiger partial charge in [-0.25, -0.2) is 0 Å². The van der Waals surface area contributed by atoms with Crippen LogP contribution in [0.3, 0.4) is 0 Å². The van der Waals surface area contributed by atoms with Crippen LogP contribution in [0.2, 0.25) is 0 Å². The Kier molecular flexibility index (Phi) is 3.94. The second-order valence-corrected chi connectivity index (χ2v) is 6.57. The summed E-state index contributed by atoms with van der Waals surface area (Å²) in [6, 6.07) is 0.694. The Hall–Kier alpha value is -0.340. The molecule has 1 heterocycles. The molecule has 2 unspecified atom stereocenters. The van der Waals surface area contributed by atoms with Crippen LogP contribution in [-0.2, 0) is 0 Å². The van der Waals surface area contributed by atoms with Gasteiger partial charge in [0.2, 0.25) is 0 Å². The summed E-state index contributed by atoms with van der Waals surface area (Å²) in [5.41, 5.74) is 0.358. The van der Waals surface area contributed by atoms with Crippen molar-refractivity contribution in [2.45, 2.75) is 51.6 Å². The molecular formula is C15H28N2. The second kappa shape index (κ2) is 5.11. The fraction of sp³-hybridized carbons (Fsp3) is 0.867. The summed E-state index contributed by atoms with van der Waals surface area (Å²) in [5.74, 6) is 1.69. The van der Waals surface area contributed by atoms with Crippen LogP contribution in [0.15, 0.2) is 12.7 Å². The summed E-state index contributed by atoms with van der Waals surface area (Å²) < 4.78 is 0. The van der Waals surface area contributed by atoms with Crippen molar-refractivity contribution in [3.8, 4) is 0 Å². The number of nitrogens with one attached hydrogen (secondary N) is 1. The zero-order valence-corrected chi connectivity index (χ0v) is 11.7. The van der Waals surface area contributed by atoms with Gasteiger partial charge in [0.05, 0.1) is 0 Å². The highest BCUT2D eigenvalue weighted by atomic mass is 15.3. The van der Waals surface area contributed by atoms with Gasteiger partial charge in [0.25, 0.3) is 0 Å². The average molecular weight is 236 g/mol. The van der Waals surface area contributed by atoms with Crippen LogP contribution in [-0.4, -0.2) is 36.1 Å². The molecule has 0 aromatic heterocycles. The summed E-state index contributed by atoms with van der Waals surface area (Å²) in [7, 11) is 0. The zero-order chi connectivity index (χ0) is 12.5. The van der Waals surface area contributed by atoms with E-state index in [4.69, 9.17) is 0 Å². The SMILES string of the molecule is C=CCN1CC(C)(C2CC2)NCC1CC(C)C. The van der Waals surface area contributed by atoms with Gasteiger partial charge in [-0.1, -0.05) is 19.9 Å². The van der Waals surface area contributed by atoms with Crippen LogP contribution in [0.1, 0.15) is 40.0 Å². The fourth-order valence-electron chi connectivity index (χ4n) is 3.24. The Morgan fingerprint density at radius 3 is 2.71 bits per heavy atom. The van der Waals surface area contributed by atoms with E-state index in [9.17, 15) is 0 Å². The smallest absolute Gasteiger partial charge is 0.0309 e. The molecule has 0 aromatic rings. The molecule has 0 spiro atoms. The third-order valence-electron chi connectivity index (χ3n) is 4.37. The lowest BCUT2D eigenvalue weighted by atomic mass is 9.89. The van der Waals surface area contributed by atoms with Crippen molar-refractivity contribution in [1.29, 1.82) is 0 Å². The van der Waals surface area contributed by atoms with E-state index in [-0.39, 0.29) is 0 Å². The van der Waals surface area contributed by atoms with Crippen LogP contribution in [0.25, 0.3) is 0 Å². The molecule has 1 N–H and O–H groups in total. The predicted octanol–water partition coefficient (Wildman–Crippen LogP) is 2.66. The van der Waals surface area contributed by atoms with E-state index in [0.717, 1.165) is 24.9 Å². The third-order valence-corrected chi connectivity index (χ3v) is 4.37. The molecule has 17 heavy (non-hydrogen) atoms. The summed E-state index contributed by atoms with van der Waals surface area (Å²) in [6.07, 6.45) is 6.19. The normalized spacial score (nSPS) is 35.2. The van der Waals surface area contributed by atoms with E-state index < -0.39 is 0 Å². The molecule has 0 bridgehead atoms. The van der Waals surface area contributed by atoms with E-state index in [0.29, 0.717) is 11.6 Å². The zero-order valence-electron chi connectivity index (χ0n) is 11.7. The standard InChI is InChI=1S/C15H28N2/c1-5-8-17-11-15(4,13-6-7-13)16-10-14(17)9-12(2)3/h5,12-14,16H,1,6-11H2,2-4H3. The number of hydrogen-bond acceptors (Lipinski definition) is 2. The lowest BCUT2D eigenvalue weighted by molar-refractivity contribution is 0.0746. The van der Waals surface area contributed by atoms with Gasteiger partial charge in [0.1, 0.15) is 0 Å². The first kappa shape index (κ1) is 13.1. The van der Waals surface area contributed by atoms with Crippen molar-refractivity contribution in [3.05, 3.63) is 12.7 Å². The van der Waals surface area contributed by atoms with Gasteiger partial charge < -0.3 is 5.32 Å². The highest BCUT2D eigenvalue weighted by Gasteiger charge is 2.45. The average Bonchev–Trinajstić information content (AvgIpc) is 3.06. The number of piperazine rings is 1. The van der Waals surface area contributed by atoms with Crippen molar-refractivity contribution in [3.63, 3.8) is 0 Å². The quantitative estimate of drug-likeness (QED) is 0.738. The monoisotopic (exact) mass is 236 g/mol. The Morgan fingerprint density at radius 2 is 2.18 bits per heavy atom. The van der Waals surface area contributed by atoms with Gasteiger partial charge >= 0.3 is 0 Å². The minimum atomic E-state index is 0.358. The van der Waals surface area contributed by atoms with Crippen molar-refractivity contribution in [2.75, 3.05) is 19.6 Å². The molecule has 2 heteroatoms. The molecule has 0 aromatic carbocycles. The maximum Gasteiger partial charge on any atom is 0.0309 e. The fourth-order valence-corrected chi connectivity index (χ4v) is 3.24. The molecule has 2 atom stereocenters. The Balaban J connectivity index is 1.99. The molecule has 2 aliphatic rings. The summed E-state index contributed by atoms with van der Waals surface area (Å²) in [4.78, 5) is 2.64. The molecule has 2 rings (SSSR count). The lowest BCUT2D eigenvalue weighted by Gasteiger charge is -2.47. The summed E-state index contributed by atoms with van der Waals surface area (Å²) >= 11 is 0. The van der Waals surface area contributed by atoms with E-state index in [1.54, 1.807) is 0 Å². The largest absolute Gasteiger partial charge is 0.308 e. The molecule has 1 aliphatic carbocycles. The van der Waals surface area contributed by atoms with Gasteiger partial charge in [-0.2, -0.15) is 0 Å². The van der Waals surface area contributed by atoms with Crippen molar-refractivity contribution >= 4 is 0 Å². The summed E-state index contributed by atoms with van der Waals surface area (Å²) in [6.45, 7) is 14.4. The Bertz CT molecular complexity index is 270. The van der Waals surface area contributed by atoms with Crippen LogP contribution >= 0.6 is 0 Å². The minimum Gasteiger partial charge on any atom is -0.308 e. The van der Waals surface area contributed by atoms with E-state index in [2.05, 4.69) is 43.6 Å². The van der Waals surface area contributed by atoms with Crippen LogP contribution in [0.5, 0.6) is 0 Å². The molecule has 0 amide bonds. The molecule has 1 aliphatic heterocycles. The number of nitrogens with zero attached hydrogens (tertiary/aromatic N) is 1. The molecule has 2 nitrogen and oxygen atoms in total. The Morgan fingerprint density at radius 1 is 1.47 bits per heavy atom.